The molecule has 2 N–H and O–H groups in total. The van der Waals surface area contributed by atoms with Gasteiger partial charge in [0.1, 0.15) is 5.02 Å². The summed E-state index contributed by atoms with van der Waals surface area (Å²) in [5, 5.41) is 0.548. The average Bonchev–Trinajstić information content (AvgIpc) is 2.18. The maximum atomic E-state index is 6.03. The fourth-order valence-corrected chi connectivity index (χ4v) is 1.61. The SMILES string of the molecule is CCN(CC(C)C)c1nc(N)ncc1Cl. The number of hydrogen-bond acceptors (Lipinski definition) is 4. The molecule has 0 aromatic carbocycles. The Balaban J connectivity index is 2.95. The van der Waals surface area contributed by atoms with Crippen LogP contribution in [0.3, 0.4) is 0 Å². The molecule has 0 aliphatic heterocycles. The molecule has 1 heterocycles. The van der Waals surface area contributed by atoms with Gasteiger partial charge in [0, 0.05) is 13.1 Å². The van der Waals surface area contributed by atoms with Gasteiger partial charge in [0.15, 0.2) is 5.82 Å². The summed E-state index contributed by atoms with van der Waals surface area (Å²) in [6, 6.07) is 0. The Morgan fingerprint density at radius 3 is 2.73 bits per heavy atom. The van der Waals surface area contributed by atoms with Crippen molar-refractivity contribution in [3.8, 4) is 0 Å². The van der Waals surface area contributed by atoms with E-state index >= 15 is 0 Å². The Bertz CT molecular complexity index is 327. The highest BCUT2D eigenvalue weighted by atomic mass is 35.5. The second-order valence-electron chi connectivity index (χ2n) is 3.83. The molecule has 0 radical (unpaired) electrons. The molecule has 0 saturated heterocycles. The summed E-state index contributed by atoms with van der Waals surface area (Å²) < 4.78 is 0. The lowest BCUT2D eigenvalue weighted by Gasteiger charge is -2.24. The zero-order valence-electron chi connectivity index (χ0n) is 9.37. The molecule has 1 aromatic rings. The zero-order valence-corrected chi connectivity index (χ0v) is 10.1. The van der Waals surface area contributed by atoms with Crippen LogP contribution in [0.4, 0.5) is 11.8 Å². The van der Waals surface area contributed by atoms with Gasteiger partial charge in [-0.1, -0.05) is 25.4 Å². The highest BCUT2D eigenvalue weighted by Crippen LogP contribution is 2.23. The van der Waals surface area contributed by atoms with Crippen molar-refractivity contribution in [2.24, 2.45) is 5.92 Å². The van der Waals surface area contributed by atoms with Crippen molar-refractivity contribution >= 4 is 23.4 Å². The number of hydrogen-bond donors (Lipinski definition) is 1. The van der Waals surface area contributed by atoms with E-state index in [2.05, 4.69) is 35.6 Å². The zero-order chi connectivity index (χ0) is 11.4. The van der Waals surface area contributed by atoms with Crippen molar-refractivity contribution < 1.29 is 0 Å². The summed E-state index contributed by atoms with van der Waals surface area (Å²) in [6.07, 6.45) is 1.54. The van der Waals surface area contributed by atoms with E-state index in [1.165, 1.54) is 0 Å². The smallest absolute Gasteiger partial charge is 0.222 e. The number of anilines is 2. The standard InChI is InChI=1S/C10H17ClN4/c1-4-15(6-7(2)3)9-8(11)5-13-10(12)14-9/h5,7H,4,6H2,1-3H3,(H2,12,13,14). The van der Waals surface area contributed by atoms with Gasteiger partial charge >= 0.3 is 0 Å². The van der Waals surface area contributed by atoms with E-state index in [0.717, 1.165) is 18.9 Å². The van der Waals surface area contributed by atoms with E-state index < -0.39 is 0 Å². The Morgan fingerprint density at radius 2 is 2.20 bits per heavy atom. The second kappa shape index (κ2) is 5.16. The Kier molecular flexibility index (Phi) is 4.15. The molecule has 4 nitrogen and oxygen atoms in total. The minimum atomic E-state index is 0.261. The van der Waals surface area contributed by atoms with Crippen LogP contribution in [0.1, 0.15) is 20.8 Å². The van der Waals surface area contributed by atoms with E-state index in [9.17, 15) is 0 Å². The number of halogens is 1. The molecule has 0 aliphatic rings. The molecular formula is C10H17ClN4. The van der Waals surface area contributed by atoms with E-state index in [-0.39, 0.29) is 5.95 Å². The Hall–Kier alpha value is -1.03. The van der Waals surface area contributed by atoms with Gasteiger partial charge in [-0.25, -0.2) is 4.98 Å². The van der Waals surface area contributed by atoms with Gasteiger partial charge in [-0.2, -0.15) is 4.98 Å². The molecule has 0 spiro atoms. The molecule has 0 saturated carbocycles. The minimum absolute atomic E-state index is 0.261. The van der Waals surface area contributed by atoms with Gasteiger partial charge in [0.2, 0.25) is 5.95 Å². The van der Waals surface area contributed by atoms with Gasteiger partial charge in [-0.05, 0) is 12.8 Å². The van der Waals surface area contributed by atoms with Crippen LogP contribution < -0.4 is 10.6 Å². The van der Waals surface area contributed by atoms with Crippen molar-refractivity contribution in [1.82, 2.24) is 9.97 Å². The number of nitrogens with two attached hydrogens (primary N) is 1. The van der Waals surface area contributed by atoms with Crippen LogP contribution in [-0.2, 0) is 0 Å². The average molecular weight is 229 g/mol. The lowest BCUT2D eigenvalue weighted by Crippen LogP contribution is -2.28. The minimum Gasteiger partial charge on any atom is -0.368 e. The van der Waals surface area contributed by atoms with Crippen LogP contribution in [0, 0.1) is 5.92 Å². The molecule has 15 heavy (non-hydrogen) atoms. The number of rotatable bonds is 4. The third kappa shape index (κ3) is 3.23. The molecule has 0 amide bonds. The summed E-state index contributed by atoms with van der Waals surface area (Å²) in [7, 11) is 0. The first-order chi connectivity index (χ1) is 7.04. The monoisotopic (exact) mass is 228 g/mol. The Labute approximate surface area is 95.5 Å². The van der Waals surface area contributed by atoms with Crippen LogP contribution in [0.25, 0.3) is 0 Å². The molecule has 0 aliphatic carbocycles. The lowest BCUT2D eigenvalue weighted by atomic mass is 10.2. The summed E-state index contributed by atoms with van der Waals surface area (Å²) in [5.74, 6) is 1.54. The van der Waals surface area contributed by atoms with Gasteiger partial charge in [0.05, 0.1) is 6.20 Å². The maximum Gasteiger partial charge on any atom is 0.222 e. The summed E-state index contributed by atoms with van der Waals surface area (Å²) in [5.41, 5.74) is 5.54. The molecule has 0 bridgehead atoms. The molecule has 5 heteroatoms. The number of nitrogens with zero attached hydrogens (tertiary/aromatic N) is 3. The Morgan fingerprint density at radius 1 is 1.53 bits per heavy atom. The summed E-state index contributed by atoms with van der Waals surface area (Å²) in [6.45, 7) is 8.14. The van der Waals surface area contributed by atoms with Crippen molar-refractivity contribution in [3.05, 3.63) is 11.2 Å². The highest BCUT2D eigenvalue weighted by molar-refractivity contribution is 6.32. The first-order valence-electron chi connectivity index (χ1n) is 5.07. The molecule has 84 valence electrons. The topological polar surface area (TPSA) is 55.0 Å². The molecular weight excluding hydrogens is 212 g/mol. The van der Waals surface area contributed by atoms with Crippen LogP contribution in [-0.4, -0.2) is 23.1 Å². The molecule has 1 rings (SSSR count). The third-order valence-electron chi connectivity index (χ3n) is 2.01. The summed E-state index contributed by atoms with van der Waals surface area (Å²) >= 11 is 6.03. The quantitative estimate of drug-likeness (QED) is 0.859. The second-order valence-corrected chi connectivity index (χ2v) is 4.24. The van der Waals surface area contributed by atoms with Gasteiger partial charge < -0.3 is 10.6 Å². The van der Waals surface area contributed by atoms with Crippen molar-refractivity contribution in [2.45, 2.75) is 20.8 Å². The van der Waals surface area contributed by atoms with E-state index in [1.54, 1.807) is 6.20 Å². The predicted octanol–water partition coefficient (Wildman–Crippen LogP) is 2.19. The van der Waals surface area contributed by atoms with Gasteiger partial charge in [-0.15, -0.1) is 0 Å². The van der Waals surface area contributed by atoms with Crippen LogP contribution in [0.5, 0.6) is 0 Å². The largest absolute Gasteiger partial charge is 0.368 e. The van der Waals surface area contributed by atoms with E-state index in [0.29, 0.717) is 10.9 Å². The lowest BCUT2D eigenvalue weighted by molar-refractivity contribution is 0.614. The normalized spacial score (nSPS) is 10.7. The highest BCUT2D eigenvalue weighted by Gasteiger charge is 2.12. The predicted molar refractivity (Wildman–Crippen MR) is 64.2 cm³/mol. The third-order valence-corrected chi connectivity index (χ3v) is 2.28. The van der Waals surface area contributed by atoms with Gasteiger partial charge in [-0.3, -0.25) is 0 Å². The summed E-state index contributed by atoms with van der Waals surface area (Å²) in [4.78, 5) is 10.1. The first kappa shape index (κ1) is 12.0. The molecule has 1 aromatic heterocycles. The van der Waals surface area contributed by atoms with Crippen molar-refractivity contribution in [2.75, 3.05) is 23.7 Å². The maximum absolute atomic E-state index is 6.03. The first-order valence-corrected chi connectivity index (χ1v) is 5.45. The molecule has 0 unspecified atom stereocenters. The molecule has 0 fully saturated rings. The van der Waals surface area contributed by atoms with Crippen LogP contribution in [0.2, 0.25) is 5.02 Å². The van der Waals surface area contributed by atoms with Crippen LogP contribution >= 0.6 is 11.6 Å². The van der Waals surface area contributed by atoms with E-state index in [4.69, 9.17) is 17.3 Å². The molecule has 0 atom stereocenters. The van der Waals surface area contributed by atoms with Crippen molar-refractivity contribution in [1.29, 1.82) is 0 Å². The van der Waals surface area contributed by atoms with Crippen molar-refractivity contribution in [3.63, 3.8) is 0 Å². The van der Waals surface area contributed by atoms with Crippen LogP contribution in [0.15, 0.2) is 6.20 Å². The van der Waals surface area contributed by atoms with Gasteiger partial charge in [0.25, 0.3) is 0 Å². The fraction of sp³-hybridized carbons (Fsp3) is 0.600. The fourth-order valence-electron chi connectivity index (χ4n) is 1.40. The number of aromatic nitrogens is 2. The number of nitrogen functional groups attached to an aromatic ring is 1. The van der Waals surface area contributed by atoms with E-state index in [1.807, 2.05) is 0 Å².